The number of rotatable bonds is 5. The van der Waals surface area contributed by atoms with E-state index in [1.54, 1.807) is 11.3 Å². The number of carbonyl (C=O) groups excluding carboxylic acids is 1. The third-order valence-corrected chi connectivity index (χ3v) is 4.31. The summed E-state index contributed by atoms with van der Waals surface area (Å²) in [7, 11) is 0. The Bertz CT molecular complexity index is 687. The van der Waals surface area contributed by atoms with Crippen LogP contribution in [0.15, 0.2) is 77.5 Å². The van der Waals surface area contributed by atoms with Crippen LogP contribution in [-0.4, -0.2) is 6.03 Å². The van der Waals surface area contributed by atoms with Gasteiger partial charge < -0.3 is 10.6 Å². The summed E-state index contributed by atoms with van der Waals surface area (Å²) in [6.07, 6.45) is 0. The number of amides is 2. The lowest BCUT2D eigenvalue weighted by molar-refractivity contribution is 0.238. The van der Waals surface area contributed by atoms with Gasteiger partial charge in [-0.1, -0.05) is 60.7 Å². The maximum absolute atomic E-state index is 12.3. The first-order valence-corrected chi connectivity index (χ1v) is 8.42. The number of urea groups is 1. The van der Waals surface area contributed by atoms with Crippen molar-refractivity contribution in [2.24, 2.45) is 0 Å². The highest BCUT2D eigenvalue weighted by Gasteiger charge is 2.16. The summed E-state index contributed by atoms with van der Waals surface area (Å²) in [5, 5.41) is 10.0. The molecule has 0 saturated carbocycles. The van der Waals surface area contributed by atoms with Gasteiger partial charge in [-0.15, -0.1) is 0 Å². The SMILES string of the molecule is O=C(NCc1ccsc1)NC(c1ccccc1)c1ccccc1. The molecule has 0 spiro atoms. The second-order valence-corrected chi connectivity index (χ2v) is 5.99. The molecule has 4 heteroatoms. The topological polar surface area (TPSA) is 41.1 Å². The molecule has 1 aromatic heterocycles. The largest absolute Gasteiger partial charge is 0.334 e. The number of hydrogen-bond donors (Lipinski definition) is 2. The van der Waals surface area contributed by atoms with E-state index in [1.165, 1.54) is 0 Å². The third kappa shape index (κ3) is 4.20. The van der Waals surface area contributed by atoms with Crippen LogP contribution in [-0.2, 0) is 6.54 Å². The summed E-state index contributed by atoms with van der Waals surface area (Å²) in [5.74, 6) is 0. The molecule has 3 rings (SSSR count). The van der Waals surface area contributed by atoms with Crippen LogP contribution in [0.1, 0.15) is 22.7 Å². The van der Waals surface area contributed by atoms with Crippen LogP contribution >= 0.6 is 11.3 Å². The highest BCUT2D eigenvalue weighted by Crippen LogP contribution is 2.21. The molecule has 3 nitrogen and oxygen atoms in total. The highest BCUT2D eigenvalue weighted by molar-refractivity contribution is 7.07. The van der Waals surface area contributed by atoms with Gasteiger partial charge in [0.25, 0.3) is 0 Å². The van der Waals surface area contributed by atoms with Crippen molar-refractivity contribution in [3.63, 3.8) is 0 Å². The van der Waals surface area contributed by atoms with Crippen LogP contribution in [0.25, 0.3) is 0 Å². The van der Waals surface area contributed by atoms with E-state index >= 15 is 0 Å². The third-order valence-electron chi connectivity index (χ3n) is 3.57. The van der Waals surface area contributed by atoms with Gasteiger partial charge in [-0.3, -0.25) is 0 Å². The van der Waals surface area contributed by atoms with E-state index in [9.17, 15) is 4.79 Å². The van der Waals surface area contributed by atoms with Gasteiger partial charge in [0.15, 0.2) is 0 Å². The van der Waals surface area contributed by atoms with Crippen LogP contribution < -0.4 is 10.6 Å². The lowest BCUT2D eigenvalue weighted by Gasteiger charge is -2.20. The summed E-state index contributed by atoms with van der Waals surface area (Å²) in [4.78, 5) is 12.3. The van der Waals surface area contributed by atoms with Crippen molar-refractivity contribution in [1.29, 1.82) is 0 Å². The summed E-state index contributed by atoms with van der Waals surface area (Å²) < 4.78 is 0. The van der Waals surface area contributed by atoms with E-state index in [2.05, 4.69) is 10.6 Å². The zero-order chi connectivity index (χ0) is 15.9. The van der Waals surface area contributed by atoms with Crippen LogP contribution in [0.4, 0.5) is 4.79 Å². The number of thiophene rings is 1. The molecule has 23 heavy (non-hydrogen) atoms. The van der Waals surface area contributed by atoms with Crippen LogP contribution in [0.5, 0.6) is 0 Å². The van der Waals surface area contributed by atoms with Crippen LogP contribution in [0, 0.1) is 0 Å². The Balaban J connectivity index is 1.72. The number of benzene rings is 2. The van der Waals surface area contributed by atoms with E-state index in [-0.39, 0.29) is 12.1 Å². The smallest absolute Gasteiger partial charge is 0.315 e. The van der Waals surface area contributed by atoms with E-state index < -0.39 is 0 Å². The van der Waals surface area contributed by atoms with Crippen LogP contribution in [0.3, 0.4) is 0 Å². The van der Waals surface area contributed by atoms with Gasteiger partial charge >= 0.3 is 6.03 Å². The number of nitrogens with one attached hydrogen (secondary N) is 2. The van der Waals surface area contributed by atoms with Crippen molar-refractivity contribution in [3.05, 3.63) is 94.2 Å². The minimum atomic E-state index is -0.172. The quantitative estimate of drug-likeness (QED) is 0.721. The summed E-state index contributed by atoms with van der Waals surface area (Å²) >= 11 is 1.63. The van der Waals surface area contributed by atoms with Gasteiger partial charge in [0.05, 0.1) is 6.04 Å². The first-order chi connectivity index (χ1) is 11.3. The molecular weight excluding hydrogens is 304 g/mol. The fourth-order valence-electron chi connectivity index (χ4n) is 2.41. The lowest BCUT2D eigenvalue weighted by atomic mass is 9.99. The van der Waals surface area contributed by atoms with Gasteiger partial charge in [0.2, 0.25) is 0 Å². The van der Waals surface area contributed by atoms with Gasteiger partial charge in [0.1, 0.15) is 0 Å². The molecule has 0 bridgehead atoms. The molecular formula is C19H18N2OS. The summed E-state index contributed by atoms with van der Waals surface area (Å²) in [6, 6.07) is 21.6. The number of carbonyl (C=O) groups is 1. The second kappa shape index (κ2) is 7.61. The average Bonchev–Trinajstić information content (AvgIpc) is 3.13. The Hall–Kier alpha value is -2.59. The minimum absolute atomic E-state index is 0.167. The van der Waals surface area contributed by atoms with E-state index in [1.807, 2.05) is 77.5 Å². The van der Waals surface area contributed by atoms with Crippen molar-refractivity contribution < 1.29 is 4.79 Å². The minimum Gasteiger partial charge on any atom is -0.334 e. The predicted octanol–water partition coefficient (Wildman–Crippen LogP) is 4.34. The monoisotopic (exact) mass is 322 g/mol. The molecule has 0 atom stereocenters. The molecule has 116 valence electrons. The molecule has 0 aliphatic carbocycles. The normalized spacial score (nSPS) is 10.5. The Kier molecular flexibility index (Phi) is 5.06. The molecule has 0 saturated heterocycles. The molecule has 2 N–H and O–H groups in total. The Labute approximate surface area is 140 Å². The second-order valence-electron chi connectivity index (χ2n) is 5.21. The zero-order valence-corrected chi connectivity index (χ0v) is 13.4. The molecule has 2 amide bonds. The molecule has 0 aliphatic rings. The van der Waals surface area contributed by atoms with E-state index in [0.717, 1.165) is 16.7 Å². The van der Waals surface area contributed by atoms with Crippen molar-refractivity contribution >= 4 is 17.4 Å². The van der Waals surface area contributed by atoms with Crippen molar-refractivity contribution in [2.45, 2.75) is 12.6 Å². The van der Waals surface area contributed by atoms with Gasteiger partial charge in [-0.2, -0.15) is 11.3 Å². The van der Waals surface area contributed by atoms with Crippen LogP contribution in [0.2, 0.25) is 0 Å². The Morgan fingerprint density at radius 2 is 1.52 bits per heavy atom. The van der Waals surface area contributed by atoms with Crippen molar-refractivity contribution in [3.8, 4) is 0 Å². The first kappa shape index (κ1) is 15.3. The average molecular weight is 322 g/mol. The summed E-state index contributed by atoms with van der Waals surface area (Å²) in [6.45, 7) is 0.533. The fraction of sp³-hybridized carbons (Fsp3) is 0.105. The Morgan fingerprint density at radius 1 is 0.913 bits per heavy atom. The molecule has 3 aromatic rings. The fourth-order valence-corrected chi connectivity index (χ4v) is 3.08. The molecule has 2 aromatic carbocycles. The number of hydrogen-bond acceptors (Lipinski definition) is 2. The Morgan fingerprint density at radius 3 is 2.04 bits per heavy atom. The maximum Gasteiger partial charge on any atom is 0.315 e. The lowest BCUT2D eigenvalue weighted by Crippen LogP contribution is -2.38. The van der Waals surface area contributed by atoms with Crippen molar-refractivity contribution in [2.75, 3.05) is 0 Å². The highest BCUT2D eigenvalue weighted by atomic mass is 32.1. The van der Waals surface area contributed by atoms with E-state index in [4.69, 9.17) is 0 Å². The molecule has 0 fully saturated rings. The van der Waals surface area contributed by atoms with Gasteiger partial charge in [-0.05, 0) is 33.5 Å². The maximum atomic E-state index is 12.3. The van der Waals surface area contributed by atoms with E-state index in [0.29, 0.717) is 6.54 Å². The predicted molar refractivity (Wildman–Crippen MR) is 94.4 cm³/mol. The first-order valence-electron chi connectivity index (χ1n) is 7.48. The summed E-state index contributed by atoms with van der Waals surface area (Å²) in [5.41, 5.74) is 3.23. The van der Waals surface area contributed by atoms with Crippen molar-refractivity contribution in [1.82, 2.24) is 10.6 Å². The standard InChI is InChI=1S/C19H18N2OS/c22-19(20-13-15-11-12-23-14-15)21-18(16-7-3-1-4-8-16)17-9-5-2-6-10-17/h1-12,14,18H,13H2,(H2,20,21,22). The molecule has 0 aliphatic heterocycles. The van der Waals surface area contributed by atoms with Gasteiger partial charge in [0, 0.05) is 6.54 Å². The zero-order valence-electron chi connectivity index (χ0n) is 12.6. The van der Waals surface area contributed by atoms with Gasteiger partial charge in [-0.25, -0.2) is 4.79 Å². The molecule has 0 radical (unpaired) electrons. The molecule has 1 heterocycles. The molecule has 0 unspecified atom stereocenters.